The van der Waals surface area contributed by atoms with E-state index in [1.165, 1.54) is 0 Å². The van der Waals surface area contributed by atoms with Crippen LogP contribution in [0, 0.1) is 0 Å². The minimum absolute atomic E-state index is 0.0805. The molecule has 0 spiro atoms. The number of aromatic nitrogens is 2. The molecular weight excluding hydrogens is 366 g/mol. The van der Waals surface area contributed by atoms with E-state index in [-0.39, 0.29) is 12.5 Å². The minimum Gasteiger partial charge on any atom is -0.494 e. The number of ether oxygens (including phenoxy) is 2. The fourth-order valence-corrected chi connectivity index (χ4v) is 2.98. The van der Waals surface area contributed by atoms with E-state index in [4.69, 9.17) is 9.47 Å². The maximum atomic E-state index is 12.3. The molecule has 146 valence electrons. The van der Waals surface area contributed by atoms with Crippen molar-refractivity contribution in [3.63, 3.8) is 0 Å². The van der Waals surface area contributed by atoms with Gasteiger partial charge in [0.2, 0.25) is 0 Å². The van der Waals surface area contributed by atoms with Gasteiger partial charge in [0.15, 0.2) is 6.61 Å². The van der Waals surface area contributed by atoms with Crippen molar-refractivity contribution in [2.24, 2.45) is 0 Å². The van der Waals surface area contributed by atoms with Crippen LogP contribution >= 0.6 is 0 Å². The largest absolute Gasteiger partial charge is 0.494 e. The zero-order valence-corrected chi connectivity index (χ0v) is 16.0. The predicted molar refractivity (Wildman–Crippen MR) is 113 cm³/mol. The highest BCUT2D eigenvalue weighted by atomic mass is 16.5. The molecule has 1 heterocycles. The zero-order chi connectivity index (χ0) is 20.1. The first-order valence-corrected chi connectivity index (χ1v) is 9.42. The monoisotopic (exact) mass is 387 g/mol. The van der Waals surface area contributed by atoms with Crippen molar-refractivity contribution in [3.8, 4) is 22.9 Å². The first-order chi connectivity index (χ1) is 14.2. The van der Waals surface area contributed by atoms with Gasteiger partial charge in [0, 0.05) is 11.3 Å². The molecule has 0 radical (unpaired) electrons. The summed E-state index contributed by atoms with van der Waals surface area (Å²) in [6.45, 7) is 2.45. The maximum Gasteiger partial charge on any atom is 0.262 e. The highest BCUT2D eigenvalue weighted by Crippen LogP contribution is 2.23. The first-order valence-electron chi connectivity index (χ1n) is 9.42. The van der Waals surface area contributed by atoms with Crippen LogP contribution in [0.15, 0.2) is 72.8 Å². The van der Waals surface area contributed by atoms with E-state index in [2.05, 4.69) is 15.3 Å². The SMILES string of the molecule is CCOc1ccc(OCC(=O)Nc2cccc(-c3nc4ccccc4[nH]3)c2)cc1. The van der Waals surface area contributed by atoms with Gasteiger partial charge in [0.1, 0.15) is 17.3 Å². The molecule has 0 aliphatic rings. The van der Waals surface area contributed by atoms with Crippen molar-refractivity contribution in [2.45, 2.75) is 6.92 Å². The van der Waals surface area contributed by atoms with Gasteiger partial charge in [-0.1, -0.05) is 24.3 Å². The van der Waals surface area contributed by atoms with Crippen LogP contribution in [0.4, 0.5) is 5.69 Å². The number of fused-ring (bicyclic) bond motifs is 1. The quantitative estimate of drug-likeness (QED) is 0.484. The van der Waals surface area contributed by atoms with E-state index >= 15 is 0 Å². The summed E-state index contributed by atoms with van der Waals surface area (Å²) in [4.78, 5) is 20.1. The molecule has 1 amide bonds. The molecule has 4 aromatic rings. The average molecular weight is 387 g/mol. The number of rotatable bonds is 7. The Morgan fingerprint density at radius 3 is 2.48 bits per heavy atom. The summed E-state index contributed by atoms with van der Waals surface area (Å²) in [5.41, 5.74) is 3.45. The van der Waals surface area contributed by atoms with Crippen molar-refractivity contribution in [2.75, 3.05) is 18.5 Å². The summed E-state index contributed by atoms with van der Waals surface area (Å²) in [6, 6.07) is 22.6. The Kier molecular flexibility index (Phi) is 5.42. The first kappa shape index (κ1) is 18.6. The Morgan fingerprint density at radius 2 is 1.72 bits per heavy atom. The number of hydrogen-bond acceptors (Lipinski definition) is 4. The third-order valence-corrected chi connectivity index (χ3v) is 4.31. The predicted octanol–water partition coefficient (Wildman–Crippen LogP) is 4.65. The Balaban J connectivity index is 1.39. The van der Waals surface area contributed by atoms with Crippen LogP contribution in [0.5, 0.6) is 11.5 Å². The van der Waals surface area contributed by atoms with Gasteiger partial charge < -0.3 is 19.8 Å². The lowest BCUT2D eigenvalue weighted by Crippen LogP contribution is -2.20. The Bertz CT molecular complexity index is 1090. The van der Waals surface area contributed by atoms with Crippen LogP contribution < -0.4 is 14.8 Å². The molecule has 0 aliphatic carbocycles. The molecule has 6 nitrogen and oxygen atoms in total. The average Bonchev–Trinajstić information content (AvgIpc) is 3.18. The second-order valence-electron chi connectivity index (χ2n) is 6.42. The molecule has 2 N–H and O–H groups in total. The molecule has 0 bridgehead atoms. The van der Waals surface area contributed by atoms with Gasteiger partial charge in [-0.05, 0) is 55.5 Å². The molecule has 29 heavy (non-hydrogen) atoms. The van der Waals surface area contributed by atoms with Crippen molar-refractivity contribution in [1.82, 2.24) is 9.97 Å². The maximum absolute atomic E-state index is 12.3. The van der Waals surface area contributed by atoms with Crippen molar-refractivity contribution < 1.29 is 14.3 Å². The molecule has 1 aromatic heterocycles. The lowest BCUT2D eigenvalue weighted by molar-refractivity contribution is -0.118. The number of anilines is 1. The van der Waals surface area contributed by atoms with E-state index < -0.39 is 0 Å². The summed E-state index contributed by atoms with van der Waals surface area (Å²) in [6.07, 6.45) is 0. The van der Waals surface area contributed by atoms with Crippen molar-refractivity contribution >= 4 is 22.6 Å². The number of aromatic amines is 1. The Labute approximate surface area is 168 Å². The summed E-state index contributed by atoms with van der Waals surface area (Å²) >= 11 is 0. The smallest absolute Gasteiger partial charge is 0.262 e. The number of para-hydroxylation sites is 2. The highest BCUT2D eigenvalue weighted by Gasteiger charge is 2.08. The molecular formula is C23H21N3O3. The van der Waals surface area contributed by atoms with E-state index in [9.17, 15) is 4.79 Å². The molecule has 0 saturated carbocycles. The molecule has 0 aliphatic heterocycles. The number of benzene rings is 3. The van der Waals surface area contributed by atoms with Crippen LogP contribution in [-0.4, -0.2) is 29.1 Å². The van der Waals surface area contributed by atoms with Crippen LogP contribution in [0.2, 0.25) is 0 Å². The third kappa shape index (κ3) is 4.55. The Hall–Kier alpha value is -3.80. The summed E-state index contributed by atoms with van der Waals surface area (Å²) in [5, 5.41) is 2.86. The van der Waals surface area contributed by atoms with E-state index in [0.29, 0.717) is 18.0 Å². The number of amides is 1. The third-order valence-electron chi connectivity index (χ3n) is 4.31. The Morgan fingerprint density at radius 1 is 0.966 bits per heavy atom. The van der Waals surface area contributed by atoms with Gasteiger partial charge in [0.05, 0.1) is 17.6 Å². The van der Waals surface area contributed by atoms with Gasteiger partial charge in [-0.3, -0.25) is 4.79 Å². The van der Waals surface area contributed by atoms with Gasteiger partial charge in [-0.2, -0.15) is 0 Å². The van der Waals surface area contributed by atoms with Gasteiger partial charge in [-0.25, -0.2) is 4.98 Å². The molecule has 0 atom stereocenters. The van der Waals surface area contributed by atoms with Crippen LogP contribution in [0.3, 0.4) is 0 Å². The number of H-pyrrole nitrogens is 1. The number of carbonyl (C=O) groups excluding carboxylic acids is 1. The molecule has 4 rings (SSSR count). The minimum atomic E-state index is -0.236. The van der Waals surface area contributed by atoms with Gasteiger partial charge >= 0.3 is 0 Å². The van der Waals surface area contributed by atoms with Gasteiger partial charge in [-0.15, -0.1) is 0 Å². The van der Waals surface area contributed by atoms with Crippen LogP contribution in [0.1, 0.15) is 6.92 Å². The summed E-state index contributed by atoms with van der Waals surface area (Å²) in [7, 11) is 0. The van der Waals surface area contributed by atoms with E-state index in [0.717, 1.165) is 28.2 Å². The molecule has 0 unspecified atom stereocenters. The fraction of sp³-hybridized carbons (Fsp3) is 0.130. The zero-order valence-electron chi connectivity index (χ0n) is 16.0. The van der Waals surface area contributed by atoms with Crippen LogP contribution in [-0.2, 0) is 4.79 Å². The van der Waals surface area contributed by atoms with E-state index in [1.807, 2.05) is 67.6 Å². The lowest BCUT2D eigenvalue weighted by atomic mass is 10.2. The van der Waals surface area contributed by atoms with Crippen molar-refractivity contribution in [1.29, 1.82) is 0 Å². The number of imidazole rings is 1. The van der Waals surface area contributed by atoms with E-state index in [1.54, 1.807) is 12.1 Å². The number of carbonyl (C=O) groups is 1. The molecule has 6 heteroatoms. The fourth-order valence-electron chi connectivity index (χ4n) is 2.98. The number of nitrogens with one attached hydrogen (secondary N) is 2. The topological polar surface area (TPSA) is 76.2 Å². The molecule has 0 fully saturated rings. The van der Waals surface area contributed by atoms with Crippen molar-refractivity contribution in [3.05, 3.63) is 72.8 Å². The normalized spacial score (nSPS) is 10.7. The highest BCUT2D eigenvalue weighted by molar-refractivity contribution is 5.92. The number of hydrogen-bond donors (Lipinski definition) is 2. The second kappa shape index (κ2) is 8.48. The second-order valence-corrected chi connectivity index (χ2v) is 6.42. The van der Waals surface area contributed by atoms with Crippen LogP contribution in [0.25, 0.3) is 22.4 Å². The lowest BCUT2D eigenvalue weighted by Gasteiger charge is -2.09. The molecule has 3 aromatic carbocycles. The molecule has 0 saturated heterocycles. The number of nitrogens with zero attached hydrogens (tertiary/aromatic N) is 1. The van der Waals surface area contributed by atoms with Gasteiger partial charge in [0.25, 0.3) is 5.91 Å². The summed E-state index contributed by atoms with van der Waals surface area (Å²) in [5.74, 6) is 1.90. The standard InChI is InChI=1S/C23H21N3O3/c1-2-28-18-10-12-19(13-11-18)29-15-22(27)24-17-7-5-6-16(14-17)23-25-20-8-3-4-9-21(20)26-23/h3-14H,2,15H2,1H3,(H,24,27)(H,25,26). The summed E-state index contributed by atoms with van der Waals surface area (Å²) < 4.78 is 10.9.